The van der Waals surface area contributed by atoms with Gasteiger partial charge in [-0.25, -0.2) is 0 Å². The van der Waals surface area contributed by atoms with E-state index in [1.54, 1.807) is 18.4 Å². The van der Waals surface area contributed by atoms with E-state index < -0.39 is 0 Å². The van der Waals surface area contributed by atoms with E-state index in [9.17, 15) is 0 Å². The third-order valence-corrected chi connectivity index (χ3v) is 4.34. The summed E-state index contributed by atoms with van der Waals surface area (Å²) in [6, 6.07) is 7.97. The molecular weight excluding hydrogens is 431 g/mol. The summed E-state index contributed by atoms with van der Waals surface area (Å²) in [5.41, 5.74) is 2.21. The lowest BCUT2D eigenvalue weighted by atomic mass is 10.2. The number of nitrogens with one attached hydrogen (secondary N) is 1. The van der Waals surface area contributed by atoms with Crippen LogP contribution in [0.4, 0.5) is 0 Å². The smallest absolute Gasteiger partial charge is 0.194 e. The molecule has 0 spiro atoms. The van der Waals surface area contributed by atoms with E-state index in [2.05, 4.69) is 33.2 Å². The third kappa shape index (κ3) is 5.40. The Hall–Kier alpha value is -0.860. The quantitative estimate of drug-likeness (QED) is 0.436. The number of hydrogen-bond acceptors (Lipinski definition) is 3. The second-order valence-electron chi connectivity index (χ2n) is 4.73. The molecule has 2 aromatic heterocycles. The SMILES string of the molecule is CN=C(NCc1ncccc1C)N(C)Cc1ccc(Cl)s1.I. The van der Waals surface area contributed by atoms with Crippen LogP contribution in [0.3, 0.4) is 0 Å². The first-order chi connectivity index (χ1) is 10.1. The largest absolute Gasteiger partial charge is 0.351 e. The number of nitrogens with zero attached hydrogens (tertiary/aromatic N) is 3. The first-order valence-corrected chi connectivity index (χ1v) is 7.86. The molecule has 22 heavy (non-hydrogen) atoms. The van der Waals surface area contributed by atoms with Crippen molar-refractivity contribution in [2.45, 2.75) is 20.0 Å². The summed E-state index contributed by atoms with van der Waals surface area (Å²) in [6.45, 7) is 3.50. The van der Waals surface area contributed by atoms with Gasteiger partial charge in [-0.2, -0.15) is 0 Å². The van der Waals surface area contributed by atoms with Crippen molar-refractivity contribution in [2.75, 3.05) is 14.1 Å². The molecule has 0 amide bonds. The zero-order chi connectivity index (χ0) is 15.2. The van der Waals surface area contributed by atoms with E-state index in [4.69, 9.17) is 11.6 Å². The summed E-state index contributed by atoms with van der Waals surface area (Å²) in [5, 5.41) is 3.34. The Balaban J connectivity index is 0.00000242. The van der Waals surface area contributed by atoms with Crippen molar-refractivity contribution in [1.29, 1.82) is 0 Å². The number of pyridine rings is 1. The van der Waals surface area contributed by atoms with Gasteiger partial charge >= 0.3 is 0 Å². The highest BCUT2D eigenvalue weighted by molar-refractivity contribution is 14.0. The number of thiophene rings is 1. The van der Waals surface area contributed by atoms with Crippen molar-refractivity contribution >= 4 is 52.9 Å². The maximum absolute atomic E-state index is 5.96. The maximum atomic E-state index is 5.96. The Morgan fingerprint density at radius 3 is 2.77 bits per heavy atom. The highest BCUT2D eigenvalue weighted by Gasteiger charge is 2.09. The number of rotatable bonds is 4. The fourth-order valence-corrected chi connectivity index (χ4v) is 3.14. The van der Waals surface area contributed by atoms with Crippen LogP contribution in [0, 0.1) is 6.92 Å². The molecule has 0 aliphatic heterocycles. The molecule has 0 radical (unpaired) electrons. The molecule has 2 heterocycles. The van der Waals surface area contributed by atoms with Gasteiger partial charge in [0.25, 0.3) is 0 Å². The Morgan fingerprint density at radius 2 is 2.18 bits per heavy atom. The van der Waals surface area contributed by atoms with E-state index >= 15 is 0 Å². The van der Waals surface area contributed by atoms with Gasteiger partial charge in [0.15, 0.2) is 5.96 Å². The molecule has 1 N–H and O–H groups in total. The molecule has 120 valence electrons. The highest BCUT2D eigenvalue weighted by atomic mass is 127. The standard InChI is InChI=1S/C15H19ClN4S.HI/c1-11-5-4-8-18-13(11)9-19-15(17-2)20(3)10-12-6-7-14(16)21-12;/h4-8H,9-10H2,1-3H3,(H,17,19);1H. The van der Waals surface area contributed by atoms with Gasteiger partial charge in [-0.05, 0) is 30.7 Å². The minimum Gasteiger partial charge on any atom is -0.351 e. The van der Waals surface area contributed by atoms with E-state index in [0.29, 0.717) is 6.54 Å². The van der Waals surface area contributed by atoms with Gasteiger partial charge in [-0.3, -0.25) is 9.98 Å². The number of halogens is 2. The monoisotopic (exact) mass is 450 g/mol. The lowest BCUT2D eigenvalue weighted by molar-refractivity contribution is 0.480. The van der Waals surface area contributed by atoms with Gasteiger partial charge in [-0.1, -0.05) is 17.7 Å². The minimum absolute atomic E-state index is 0. The molecule has 2 rings (SSSR count). The summed E-state index contributed by atoms with van der Waals surface area (Å²) in [7, 11) is 3.79. The Bertz CT molecular complexity index is 630. The molecule has 0 saturated heterocycles. The van der Waals surface area contributed by atoms with Gasteiger partial charge in [0, 0.05) is 25.2 Å². The molecule has 0 unspecified atom stereocenters. The van der Waals surface area contributed by atoms with Gasteiger partial charge in [0.2, 0.25) is 0 Å². The van der Waals surface area contributed by atoms with Gasteiger partial charge < -0.3 is 10.2 Å². The van der Waals surface area contributed by atoms with Crippen LogP contribution in [-0.2, 0) is 13.1 Å². The predicted octanol–water partition coefficient (Wildman–Crippen LogP) is 3.93. The topological polar surface area (TPSA) is 40.5 Å². The molecule has 0 aliphatic carbocycles. The van der Waals surface area contributed by atoms with Crippen molar-refractivity contribution in [2.24, 2.45) is 4.99 Å². The van der Waals surface area contributed by atoms with Crippen LogP contribution < -0.4 is 5.32 Å². The molecular formula is C15H20ClIN4S. The molecule has 2 aromatic rings. The van der Waals surface area contributed by atoms with Crippen LogP contribution in [0.15, 0.2) is 35.5 Å². The maximum Gasteiger partial charge on any atom is 0.194 e. The van der Waals surface area contributed by atoms with Crippen molar-refractivity contribution in [3.05, 3.63) is 50.9 Å². The normalized spacial score (nSPS) is 11.0. The fraction of sp³-hybridized carbons (Fsp3) is 0.333. The average molecular weight is 451 g/mol. The van der Waals surface area contributed by atoms with Crippen LogP contribution >= 0.6 is 46.9 Å². The second kappa shape index (κ2) is 9.32. The van der Waals surface area contributed by atoms with Crippen molar-refractivity contribution in [1.82, 2.24) is 15.2 Å². The highest BCUT2D eigenvalue weighted by Crippen LogP contribution is 2.22. The number of hydrogen-bond donors (Lipinski definition) is 1. The van der Waals surface area contributed by atoms with Gasteiger partial charge in [0.05, 0.1) is 23.1 Å². The van der Waals surface area contributed by atoms with E-state index in [-0.39, 0.29) is 24.0 Å². The Labute approximate surface area is 157 Å². The zero-order valence-electron chi connectivity index (χ0n) is 12.8. The lowest BCUT2D eigenvalue weighted by Gasteiger charge is -2.21. The molecule has 0 aromatic carbocycles. The molecule has 4 nitrogen and oxygen atoms in total. The summed E-state index contributed by atoms with van der Waals surface area (Å²) in [4.78, 5) is 12.0. The van der Waals surface area contributed by atoms with Gasteiger partial charge in [0.1, 0.15) is 0 Å². The van der Waals surface area contributed by atoms with Crippen molar-refractivity contribution in [3.63, 3.8) is 0 Å². The molecule has 0 aliphatic rings. The first kappa shape index (κ1) is 19.2. The van der Waals surface area contributed by atoms with Crippen LogP contribution in [0.2, 0.25) is 4.34 Å². The molecule has 0 atom stereocenters. The van der Waals surface area contributed by atoms with E-state index in [1.165, 1.54) is 10.4 Å². The summed E-state index contributed by atoms with van der Waals surface area (Å²) in [5.74, 6) is 0.838. The van der Waals surface area contributed by atoms with Crippen LogP contribution in [0.5, 0.6) is 0 Å². The van der Waals surface area contributed by atoms with E-state index in [0.717, 1.165) is 22.5 Å². The summed E-state index contributed by atoms with van der Waals surface area (Å²) >= 11 is 7.55. The number of guanidine groups is 1. The summed E-state index contributed by atoms with van der Waals surface area (Å²) < 4.78 is 0.811. The third-order valence-electron chi connectivity index (χ3n) is 3.13. The Morgan fingerprint density at radius 1 is 1.41 bits per heavy atom. The van der Waals surface area contributed by atoms with E-state index in [1.807, 2.05) is 31.4 Å². The molecule has 7 heteroatoms. The van der Waals surface area contributed by atoms with Crippen LogP contribution in [-0.4, -0.2) is 29.9 Å². The second-order valence-corrected chi connectivity index (χ2v) is 6.53. The minimum atomic E-state index is 0. The van der Waals surface area contributed by atoms with Crippen LogP contribution in [0.25, 0.3) is 0 Å². The number of aliphatic imine (C=N–C) groups is 1. The first-order valence-electron chi connectivity index (χ1n) is 6.66. The van der Waals surface area contributed by atoms with Crippen molar-refractivity contribution < 1.29 is 0 Å². The molecule has 0 fully saturated rings. The van der Waals surface area contributed by atoms with Crippen LogP contribution in [0.1, 0.15) is 16.1 Å². The number of aryl methyl sites for hydroxylation is 1. The Kier molecular flexibility index (Phi) is 8.13. The summed E-state index contributed by atoms with van der Waals surface area (Å²) in [6.07, 6.45) is 1.81. The molecule has 0 saturated carbocycles. The zero-order valence-corrected chi connectivity index (χ0v) is 16.7. The molecule has 0 bridgehead atoms. The lowest BCUT2D eigenvalue weighted by Crippen LogP contribution is -2.38. The van der Waals surface area contributed by atoms with Gasteiger partial charge in [-0.15, -0.1) is 35.3 Å². The van der Waals surface area contributed by atoms with Crippen molar-refractivity contribution in [3.8, 4) is 0 Å². The average Bonchev–Trinajstić information content (AvgIpc) is 2.86. The predicted molar refractivity (Wildman–Crippen MR) is 105 cm³/mol. The number of aromatic nitrogens is 1. The fourth-order valence-electron chi connectivity index (χ4n) is 2.00.